The average Bonchev–Trinajstić information content (AvgIpc) is 3.14. The number of ether oxygens (including phenoxy) is 3. The number of furan rings is 1. The van der Waals surface area contributed by atoms with Crippen LogP contribution in [-0.4, -0.2) is 26.3 Å². The van der Waals surface area contributed by atoms with Crippen LogP contribution in [0.3, 0.4) is 0 Å². The lowest BCUT2D eigenvalue weighted by Crippen LogP contribution is -1.99. The quantitative estimate of drug-likeness (QED) is 0.809. The maximum absolute atomic E-state index is 11.6. The van der Waals surface area contributed by atoms with E-state index in [2.05, 4.69) is 0 Å². The molecule has 6 heteroatoms. The number of carbonyl (C=O) groups excluding carboxylic acids is 1. The van der Waals surface area contributed by atoms with Crippen LogP contribution >= 0.6 is 11.3 Å². The van der Waals surface area contributed by atoms with Gasteiger partial charge in [-0.25, -0.2) is 4.79 Å². The van der Waals surface area contributed by atoms with Crippen molar-refractivity contribution < 1.29 is 23.4 Å². The van der Waals surface area contributed by atoms with Crippen LogP contribution in [0.2, 0.25) is 0 Å². The van der Waals surface area contributed by atoms with Crippen molar-refractivity contribution in [2.75, 3.05) is 20.3 Å². The Bertz CT molecular complexity index is 579. The predicted molar refractivity (Wildman–Crippen MR) is 68.0 cm³/mol. The lowest BCUT2D eigenvalue weighted by Gasteiger charge is -2.04. The molecule has 0 N–H and O–H groups in total. The Balaban J connectivity index is 1.90. The summed E-state index contributed by atoms with van der Waals surface area (Å²) < 4.78 is 21.2. The molecule has 1 aliphatic rings. The van der Waals surface area contributed by atoms with Crippen molar-refractivity contribution in [1.82, 2.24) is 0 Å². The summed E-state index contributed by atoms with van der Waals surface area (Å²) in [6.45, 7) is 1.12. The van der Waals surface area contributed by atoms with Gasteiger partial charge in [0.15, 0.2) is 5.76 Å². The normalized spacial score (nSPS) is 15.8. The van der Waals surface area contributed by atoms with Gasteiger partial charge in [-0.2, -0.15) is 0 Å². The van der Waals surface area contributed by atoms with Crippen molar-refractivity contribution >= 4 is 17.3 Å². The Morgan fingerprint density at radius 3 is 2.84 bits per heavy atom. The second-order valence-electron chi connectivity index (χ2n) is 3.93. The third kappa shape index (κ3) is 2.30. The fourth-order valence-corrected chi connectivity index (χ4v) is 2.72. The topological polar surface area (TPSA) is 57.9 Å². The van der Waals surface area contributed by atoms with Crippen LogP contribution < -0.4 is 0 Å². The number of esters is 1. The summed E-state index contributed by atoms with van der Waals surface area (Å²) in [5, 5.41) is 1.83. The highest BCUT2D eigenvalue weighted by molar-refractivity contribution is 7.12. The first-order chi connectivity index (χ1) is 9.29. The Kier molecular flexibility index (Phi) is 3.37. The van der Waals surface area contributed by atoms with Crippen LogP contribution in [0.5, 0.6) is 0 Å². The molecule has 0 unspecified atom stereocenters. The molecular formula is C13H12O5S. The fourth-order valence-electron chi connectivity index (χ4n) is 1.90. The molecule has 100 valence electrons. The standard InChI is InChI=1S/C13H12O5S/c1-15-12(14)11-8(4-7-19-11)9-2-3-10(18-9)13-16-5-6-17-13/h2-4,7,13H,5-6H2,1H3. The van der Waals surface area contributed by atoms with Crippen LogP contribution in [0, 0.1) is 0 Å². The SMILES string of the molecule is COC(=O)c1sccc1-c1ccc(C2OCCO2)o1. The first kappa shape index (κ1) is 12.4. The van der Waals surface area contributed by atoms with E-state index in [1.807, 2.05) is 11.4 Å². The summed E-state index contributed by atoms with van der Waals surface area (Å²) in [4.78, 5) is 12.2. The molecule has 3 rings (SSSR count). The zero-order valence-electron chi connectivity index (χ0n) is 10.3. The molecule has 2 aromatic rings. The molecule has 1 aliphatic heterocycles. The Morgan fingerprint density at radius 2 is 2.11 bits per heavy atom. The predicted octanol–water partition coefficient (Wildman–Crippen LogP) is 2.84. The summed E-state index contributed by atoms with van der Waals surface area (Å²) in [5.41, 5.74) is 0.723. The monoisotopic (exact) mass is 280 g/mol. The second kappa shape index (κ2) is 5.16. The number of hydrogen-bond donors (Lipinski definition) is 0. The molecular weight excluding hydrogens is 268 g/mol. The molecule has 2 aromatic heterocycles. The van der Waals surface area contributed by atoms with Gasteiger partial charge in [0.25, 0.3) is 0 Å². The maximum atomic E-state index is 11.6. The molecule has 0 aliphatic carbocycles. The third-order valence-electron chi connectivity index (χ3n) is 2.78. The van der Waals surface area contributed by atoms with Gasteiger partial charge in [0.05, 0.1) is 20.3 Å². The first-order valence-corrected chi connectivity index (χ1v) is 6.66. The van der Waals surface area contributed by atoms with Gasteiger partial charge in [0, 0.05) is 5.56 Å². The summed E-state index contributed by atoms with van der Waals surface area (Å²) >= 11 is 1.32. The average molecular weight is 280 g/mol. The van der Waals surface area contributed by atoms with Crippen molar-refractivity contribution in [3.05, 3.63) is 34.2 Å². The molecule has 0 amide bonds. The largest absolute Gasteiger partial charge is 0.465 e. The molecule has 0 spiro atoms. The van der Waals surface area contributed by atoms with E-state index in [9.17, 15) is 4.79 Å². The van der Waals surface area contributed by atoms with E-state index in [0.29, 0.717) is 29.6 Å². The minimum absolute atomic E-state index is 0.365. The summed E-state index contributed by atoms with van der Waals surface area (Å²) in [5.74, 6) is 0.849. The van der Waals surface area contributed by atoms with E-state index in [-0.39, 0.29) is 5.97 Å². The molecule has 0 saturated carbocycles. The number of carbonyl (C=O) groups is 1. The van der Waals surface area contributed by atoms with E-state index in [0.717, 1.165) is 5.56 Å². The van der Waals surface area contributed by atoms with Gasteiger partial charge in [-0.3, -0.25) is 0 Å². The number of thiophene rings is 1. The molecule has 1 saturated heterocycles. The van der Waals surface area contributed by atoms with Gasteiger partial charge >= 0.3 is 5.97 Å². The number of methoxy groups -OCH3 is 1. The van der Waals surface area contributed by atoms with Gasteiger partial charge in [-0.15, -0.1) is 11.3 Å². The molecule has 1 fully saturated rings. The molecule has 0 bridgehead atoms. The zero-order valence-corrected chi connectivity index (χ0v) is 11.1. The van der Waals surface area contributed by atoms with Crippen LogP contribution in [-0.2, 0) is 14.2 Å². The van der Waals surface area contributed by atoms with Gasteiger partial charge in [-0.1, -0.05) is 0 Å². The highest BCUT2D eigenvalue weighted by Crippen LogP contribution is 2.33. The third-order valence-corrected chi connectivity index (χ3v) is 3.68. The van der Waals surface area contributed by atoms with Crippen molar-refractivity contribution in [3.63, 3.8) is 0 Å². The minimum Gasteiger partial charge on any atom is -0.465 e. The molecule has 19 heavy (non-hydrogen) atoms. The molecule has 0 aromatic carbocycles. The van der Waals surface area contributed by atoms with Crippen molar-refractivity contribution in [3.8, 4) is 11.3 Å². The van der Waals surface area contributed by atoms with Crippen molar-refractivity contribution in [1.29, 1.82) is 0 Å². The minimum atomic E-state index is -0.450. The van der Waals surface area contributed by atoms with E-state index < -0.39 is 6.29 Å². The lowest BCUT2D eigenvalue weighted by molar-refractivity contribution is -0.0585. The van der Waals surface area contributed by atoms with Crippen molar-refractivity contribution in [2.45, 2.75) is 6.29 Å². The highest BCUT2D eigenvalue weighted by Gasteiger charge is 2.23. The summed E-state index contributed by atoms with van der Waals surface area (Å²) in [7, 11) is 1.36. The summed E-state index contributed by atoms with van der Waals surface area (Å²) in [6.07, 6.45) is -0.450. The van der Waals surface area contributed by atoms with Crippen LogP contribution in [0.4, 0.5) is 0 Å². The van der Waals surface area contributed by atoms with Crippen LogP contribution in [0.25, 0.3) is 11.3 Å². The van der Waals surface area contributed by atoms with Gasteiger partial charge in [0.1, 0.15) is 10.6 Å². The van der Waals surface area contributed by atoms with Gasteiger partial charge in [0.2, 0.25) is 6.29 Å². The van der Waals surface area contributed by atoms with E-state index in [1.165, 1.54) is 18.4 Å². The molecule has 0 atom stereocenters. The Morgan fingerprint density at radius 1 is 1.32 bits per heavy atom. The van der Waals surface area contributed by atoms with Crippen molar-refractivity contribution in [2.24, 2.45) is 0 Å². The highest BCUT2D eigenvalue weighted by atomic mass is 32.1. The summed E-state index contributed by atoms with van der Waals surface area (Å²) in [6, 6.07) is 5.43. The molecule has 3 heterocycles. The smallest absolute Gasteiger partial charge is 0.348 e. The lowest BCUT2D eigenvalue weighted by atomic mass is 10.2. The van der Waals surface area contributed by atoms with E-state index >= 15 is 0 Å². The van der Waals surface area contributed by atoms with Gasteiger partial charge < -0.3 is 18.6 Å². The molecule has 5 nitrogen and oxygen atoms in total. The van der Waals surface area contributed by atoms with Crippen LogP contribution in [0.1, 0.15) is 21.7 Å². The fraction of sp³-hybridized carbons (Fsp3) is 0.308. The van der Waals surface area contributed by atoms with E-state index in [4.69, 9.17) is 18.6 Å². The Labute approximate surface area is 113 Å². The maximum Gasteiger partial charge on any atom is 0.348 e. The number of hydrogen-bond acceptors (Lipinski definition) is 6. The molecule has 0 radical (unpaired) electrons. The van der Waals surface area contributed by atoms with Gasteiger partial charge in [-0.05, 0) is 23.6 Å². The Hall–Kier alpha value is -1.63. The zero-order chi connectivity index (χ0) is 13.2. The van der Waals surface area contributed by atoms with E-state index in [1.54, 1.807) is 12.1 Å². The second-order valence-corrected chi connectivity index (χ2v) is 4.85. The number of rotatable bonds is 3. The van der Waals surface area contributed by atoms with Crippen LogP contribution in [0.15, 0.2) is 28.0 Å². The first-order valence-electron chi connectivity index (χ1n) is 5.78.